The minimum absolute atomic E-state index is 0.914. The maximum atomic E-state index is 4.24. The Hall–Kier alpha value is -1.51. The van der Waals surface area contributed by atoms with Gasteiger partial charge in [0, 0.05) is 26.3 Å². The number of aromatic nitrogens is 2. The summed E-state index contributed by atoms with van der Waals surface area (Å²) in [7, 11) is 4.06. The van der Waals surface area contributed by atoms with E-state index in [2.05, 4.69) is 41.3 Å². The lowest BCUT2D eigenvalue weighted by atomic mass is 10.2. The molecule has 14 heavy (non-hydrogen) atoms. The minimum Gasteiger partial charge on any atom is -0.378 e. The average molecular weight is 188 g/mol. The Labute approximate surface area is 84.0 Å². The van der Waals surface area contributed by atoms with Gasteiger partial charge in [-0.3, -0.25) is 0 Å². The summed E-state index contributed by atoms with van der Waals surface area (Å²) in [4.78, 5) is 6.32. The molecule has 0 aliphatic heterocycles. The summed E-state index contributed by atoms with van der Waals surface area (Å²) in [5, 5.41) is 0. The van der Waals surface area contributed by atoms with Gasteiger partial charge in [-0.1, -0.05) is 0 Å². The van der Waals surface area contributed by atoms with E-state index in [4.69, 9.17) is 0 Å². The fourth-order valence-corrected chi connectivity index (χ4v) is 1.52. The third-order valence-corrected chi connectivity index (χ3v) is 2.37. The molecular formula is C11H14N3. The fraction of sp³-hybridized carbons (Fsp3) is 0.364. The quantitative estimate of drug-likeness (QED) is 0.718. The molecule has 1 radical (unpaired) electrons. The predicted molar refractivity (Wildman–Crippen MR) is 58.6 cm³/mol. The van der Waals surface area contributed by atoms with Gasteiger partial charge >= 0.3 is 0 Å². The van der Waals surface area contributed by atoms with Crippen molar-refractivity contribution in [2.45, 2.75) is 13.5 Å². The number of hydrogen-bond acceptors (Lipinski definition) is 2. The van der Waals surface area contributed by atoms with Crippen LogP contribution in [0.1, 0.15) is 6.92 Å². The zero-order chi connectivity index (χ0) is 10.1. The zero-order valence-electron chi connectivity index (χ0n) is 8.78. The van der Waals surface area contributed by atoms with Crippen LogP contribution in [0.25, 0.3) is 11.0 Å². The minimum atomic E-state index is 0.914. The molecule has 0 amide bonds. The van der Waals surface area contributed by atoms with E-state index in [9.17, 15) is 0 Å². The molecule has 2 rings (SSSR count). The van der Waals surface area contributed by atoms with E-state index in [1.54, 1.807) is 0 Å². The number of hydrogen-bond donors (Lipinski definition) is 0. The van der Waals surface area contributed by atoms with Gasteiger partial charge < -0.3 is 9.47 Å². The Morgan fingerprint density at radius 2 is 2.21 bits per heavy atom. The number of fused-ring (bicyclic) bond motifs is 1. The lowest BCUT2D eigenvalue weighted by molar-refractivity contribution is 0.780. The van der Waals surface area contributed by atoms with Crippen molar-refractivity contribution in [1.29, 1.82) is 0 Å². The second kappa shape index (κ2) is 3.33. The van der Waals surface area contributed by atoms with Gasteiger partial charge in [-0.05, 0) is 25.1 Å². The molecule has 3 nitrogen and oxygen atoms in total. The van der Waals surface area contributed by atoms with Gasteiger partial charge in [0.25, 0.3) is 0 Å². The monoisotopic (exact) mass is 188 g/mol. The number of anilines is 1. The van der Waals surface area contributed by atoms with E-state index in [-0.39, 0.29) is 0 Å². The van der Waals surface area contributed by atoms with Gasteiger partial charge in [0.05, 0.1) is 11.0 Å². The highest BCUT2D eigenvalue weighted by Crippen LogP contribution is 2.19. The van der Waals surface area contributed by atoms with Gasteiger partial charge in [-0.2, -0.15) is 0 Å². The first-order valence-electron chi connectivity index (χ1n) is 4.77. The van der Waals surface area contributed by atoms with E-state index >= 15 is 0 Å². The van der Waals surface area contributed by atoms with E-state index in [0.29, 0.717) is 0 Å². The SMILES string of the molecule is CCn1[c]nc2cc(N(C)C)ccc21. The molecule has 0 bridgehead atoms. The highest BCUT2D eigenvalue weighted by Gasteiger charge is 2.03. The second-order valence-corrected chi connectivity index (χ2v) is 3.52. The van der Waals surface area contributed by atoms with Crippen molar-refractivity contribution in [1.82, 2.24) is 9.55 Å². The highest BCUT2D eigenvalue weighted by molar-refractivity contribution is 5.79. The van der Waals surface area contributed by atoms with Crippen molar-refractivity contribution in [2.24, 2.45) is 0 Å². The number of benzene rings is 1. The summed E-state index contributed by atoms with van der Waals surface area (Å²) < 4.78 is 2.02. The van der Waals surface area contributed by atoms with Gasteiger partial charge in [0.1, 0.15) is 0 Å². The van der Waals surface area contributed by atoms with Crippen molar-refractivity contribution in [3.05, 3.63) is 24.5 Å². The van der Waals surface area contributed by atoms with Crippen LogP contribution in [0.15, 0.2) is 18.2 Å². The molecule has 0 spiro atoms. The molecule has 2 aromatic rings. The van der Waals surface area contributed by atoms with Crippen LogP contribution in [0.5, 0.6) is 0 Å². The smallest absolute Gasteiger partial charge is 0.177 e. The Balaban J connectivity index is 2.57. The number of imidazole rings is 1. The molecule has 0 unspecified atom stereocenters. The molecule has 0 N–H and O–H groups in total. The molecule has 0 aliphatic rings. The van der Waals surface area contributed by atoms with Crippen LogP contribution in [0.4, 0.5) is 5.69 Å². The standard InChI is InChI=1S/C11H14N3/c1-4-14-8-12-10-7-9(13(2)3)5-6-11(10)14/h5-7H,4H2,1-3H3. The predicted octanol–water partition coefficient (Wildman–Crippen LogP) is 1.92. The number of nitrogens with zero attached hydrogens (tertiary/aromatic N) is 3. The van der Waals surface area contributed by atoms with Crippen LogP contribution < -0.4 is 4.90 Å². The molecule has 1 aromatic heterocycles. The molecule has 0 aliphatic carbocycles. The first-order chi connectivity index (χ1) is 6.72. The van der Waals surface area contributed by atoms with Crippen LogP contribution >= 0.6 is 0 Å². The fourth-order valence-electron chi connectivity index (χ4n) is 1.52. The Morgan fingerprint density at radius 3 is 2.86 bits per heavy atom. The second-order valence-electron chi connectivity index (χ2n) is 3.52. The Kier molecular flexibility index (Phi) is 2.15. The van der Waals surface area contributed by atoms with Crippen LogP contribution in [0.2, 0.25) is 0 Å². The van der Waals surface area contributed by atoms with Crippen molar-refractivity contribution in [3.63, 3.8) is 0 Å². The maximum Gasteiger partial charge on any atom is 0.177 e. The van der Waals surface area contributed by atoms with Crippen LogP contribution in [0.3, 0.4) is 0 Å². The summed E-state index contributed by atoms with van der Waals surface area (Å²) >= 11 is 0. The number of rotatable bonds is 2. The highest BCUT2D eigenvalue weighted by atomic mass is 15.1. The molecule has 0 fully saturated rings. The lowest BCUT2D eigenvalue weighted by Gasteiger charge is -2.11. The largest absolute Gasteiger partial charge is 0.378 e. The third-order valence-electron chi connectivity index (χ3n) is 2.37. The Bertz CT molecular complexity index is 443. The van der Waals surface area contributed by atoms with Gasteiger partial charge in [0.2, 0.25) is 0 Å². The van der Waals surface area contributed by atoms with Crippen molar-refractivity contribution >= 4 is 16.7 Å². The first kappa shape index (κ1) is 9.06. The lowest BCUT2D eigenvalue weighted by Crippen LogP contribution is -2.08. The zero-order valence-corrected chi connectivity index (χ0v) is 8.78. The van der Waals surface area contributed by atoms with Crippen LogP contribution in [-0.2, 0) is 6.54 Å². The summed E-state index contributed by atoms with van der Waals surface area (Å²) in [6, 6.07) is 6.28. The Morgan fingerprint density at radius 1 is 1.43 bits per heavy atom. The molecule has 3 heteroatoms. The molecule has 73 valence electrons. The molecule has 0 saturated heterocycles. The molecule has 1 heterocycles. The first-order valence-corrected chi connectivity index (χ1v) is 4.77. The molecular weight excluding hydrogens is 174 g/mol. The summed E-state index contributed by atoms with van der Waals surface area (Å²) in [5.74, 6) is 0. The van der Waals surface area contributed by atoms with Crippen LogP contribution in [0, 0.1) is 6.33 Å². The summed E-state index contributed by atoms with van der Waals surface area (Å²) in [5.41, 5.74) is 3.34. The third kappa shape index (κ3) is 1.35. The van der Waals surface area contributed by atoms with Crippen LogP contribution in [-0.4, -0.2) is 23.6 Å². The molecule has 0 atom stereocenters. The topological polar surface area (TPSA) is 21.1 Å². The maximum absolute atomic E-state index is 4.24. The van der Waals surface area contributed by atoms with Crippen molar-refractivity contribution in [3.8, 4) is 0 Å². The normalized spacial score (nSPS) is 10.8. The van der Waals surface area contributed by atoms with E-state index in [1.165, 1.54) is 5.69 Å². The van der Waals surface area contributed by atoms with E-state index < -0.39 is 0 Å². The van der Waals surface area contributed by atoms with Gasteiger partial charge in [0.15, 0.2) is 6.33 Å². The van der Waals surface area contributed by atoms with E-state index in [1.807, 2.05) is 18.7 Å². The summed E-state index contributed by atoms with van der Waals surface area (Å²) in [6.45, 7) is 3.01. The van der Waals surface area contributed by atoms with Gasteiger partial charge in [-0.25, -0.2) is 4.98 Å². The summed E-state index contributed by atoms with van der Waals surface area (Å²) in [6.07, 6.45) is 2.98. The average Bonchev–Trinajstić information content (AvgIpc) is 2.59. The molecule has 0 saturated carbocycles. The van der Waals surface area contributed by atoms with Gasteiger partial charge in [-0.15, -0.1) is 0 Å². The van der Waals surface area contributed by atoms with E-state index in [0.717, 1.165) is 17.6 Å². The molecule has 1 aromatic carbocycles. The van der Waals surface area contributed by atoms with Crippen molar-refractivity contribution < 1.29 is 0 Å². The van der Waals surface area contributed by atoms with Crippen molar-refractivity contribution in [2.75, 3.05) is 19.0 Å². The number of aryl methyl sites for hydroxylation is 1.